The van der Waals surface area contributed by atoms with E-state index in [1.807, 2.05) is 0 Å². The molecule has 19 heavy (non-hydrogen) atoms. The molecule has 0 bridgehead atoms. The second kappa shape index (κ2) is 5.31. The molecule has 0 spiro atoms. The zero-order chi connectivity index (χ0) is 13.2. The van der Waals surface area contributed by atoms with Gasteiger partial charge in [0, 0.05) is 24.7 Å². The van der Waals surface area contributed by atoms with Gasteiger partial charge in [-0.05, 0) is 49.5 Å². The van der Waals surface area contributed by atoms with Crippen LogP contribution in [0.3, 0.4) is 0 Å². The lowest BCUT2D eigenvalue weighted by Crippen LogP contribution is -2.39. The largest absolute Gasteiger partial charge is 0.328 e. The van der Waals surface area contributed by atoms with Gasteiger partial charge in [0.1, 0.15) is 0 Å². The normalized spacial score (nSPS) is 21.0. The molecule has 3 N–H and O–H groups in total. The van der Waals surface area contributed by atoms with E-state index in [2.05, 4.69) is 28.4 Å². The number of hydrogen-bond donors (Lipinski definition) is 2. The van der Waals surface area contributed by atoms with Crippen molar-refractivity contribution in [2.75, 3.05) is 18.4 Å². The fourth-order valence-electron chi connectivity index (χ4n) is 2.89. The van der Waals surface area contributed by atoms with Crippen LogP contribution in [0.2, 0.25) is 0 Å². The molecule has 2 heterocycles. The quantitative estimate of drug-likeness (QED) is 0.846. The van der Waals surface area contributed by atoms with E-state index in [1.54, 1.807) is 0 Å². The molecule has 0 unspecified atom stereocenters. The van der Waals surface area contributed by atoms with Crippen LogP contribution in [-0.4, -0.2) is 29.9 Å². The lowest BCUT2D eigenvalue weighted by Gasteiger charge is -2.30. The minimum absolute atomic E-state index is 0.133. The molecular weight excluding hydrogens is 238 g/mol. The Bertz CT molecular complexity index is 478. The molecule has 102 valence electrons. The number of hydrogen-bond acceptors (Lipinski definition) is 3. The number of anilines is 1. The molecule has 0 aliphatic carbocycles. The highest BCUT2D eigenvalue weighted by Gasteiger charge is 2.18. The van der Waals surface area contributed by atoms with Gasteiger partial charge in [-0.1, -0.05) is 12.1 Å². The number of aryl methyl sites for hydroxylation is 1. The smallest absolute Gasteiger partial charge is 0.224 e. The highest BCUT2D eigenvalue weighted by Crippen LogP contribution is 2.24. The Kier molecular flexibility index (Phi) is 3.53. The number of carbonyl (C=O) groups excluding carboxylic acids is 1. The number of nitrogens with two attached hydrogens (primary N) is 1. The minimum Gasteiger partial charge on any atom is -0.328 e. The third kappa shape index (κ3) is 2.96. The predicted octanol–water partition coefficient (Wildman–Crippen LogP) is 1.49. The summed E-state index contributed by atoms with van der Waals surface area (Å²) in [7, 11) is 0. The first kappa shape index (κ1) is 12.6. The van der Waals surface area contributed by atoms with Crippen molar-refractivity contribution < 1.29 is 4.79 Å². The van der Waals surface area contributed by atoms with Gasteiger partial charge in [0.05, 0.1) is 0 Å². The number of carbonyl (C=O) groups is 1. The van der Waals surface area contributed by atoms with Crippen LogP contribution in [0.1, 0.15) is 30.4 Å². The van der Waals surface area contributed by atoms with Crippen LogP contribution in [0.15, 0.2) is 18.2 Å². The van der Waals surface area contributed by atoms with Crippen molar-refractivity contribution in [3.05, 3.63) is 29.3 Å². The summed E-state index contributed by atoms with van der Waals surface area (Å²) < 4.78 is 0. The highest BCUT2D eigenvalue weighted by atomic mass is 16.1. The third-order valence-electron chi connectivity index (χ3n) is 4.11. The van der Waals surface area contributed by atoms with Gasteiger partial charge in [0.15, 0.2) is 0 Å². The van der Waals surface area contributed by atoms with E-state index < -0.39 is 0 Å². The van der Waals surface area contributed by atoms with Crippen LogP contribution in [0, 0.1) is 0 Å². The van der Waals surface area contributed by atoms with Gasteiger partial charge in [0.25, 0.3) is 0 Å². The van der Waals surface area contributed by atoms with E-state index in [9.17, 15) is 4.79 Å². The number of fused-ring (bicyclic) bond motifs is 1. The van der Waals surface area contributed by atoms with E-state index in [-0.39, 0.29) is 5.91 Å². The number of rotatable bonds is 2. The van der Waals surface area contributed by atoms with Crippen LogP contribution in [0.4, 0.5) is 5.69 Å². The molecule has 0 saturated carbocycles. The van der Waals surface area contributed by atoms with Crippen LogP contribution in [0.5, 0.6) is 0 Å². The monoisotopic (exact) mass is 259 g/mol. The average Bonchev–Trinajstić information content (AvgIpc) is 2.41. The zero-order valence-corrected chi connectivity index (χ0v) is 11.2. The van der Waals surface area contributed by atoms with Gasteiger partial charge >= 0.3 is 0 Å². The second-order valence-corrected chi connectivity index (χ2v) is 5.65. The SMILES string of the molecule is NC1CCN(Cc2ccc3c(c2)NC(=O)CC3)CC1. The molecule has 4 nitrogen and oxygen atoms in total. The Hall–Kier alpha value is -1.39. The Morgan fingerprint density at radius 2 is 2.05 bits per heavy atom. The topological polar surface area (TPSA) is 58.4 Å². The van der Waals surface area contributed by atoms with Gasteiger partial charge < -0.3 is 11.1 Å². The molecular formula is C15H21N3O. The van der Waals surface area contributed by atoms with Crippen molar-refractivity contribution in [2.45, 2.75) is 38.3 Å². The third-order valence-corrected chi connectivity index (χ3v) is 4.11. The summed E-state index contributed by atoms with van der Waals surface area (Å²) in [6.07, 6.45) is 3.64. The summed E-state index contributed by atoms with van der Waals surface area (Å²) in [6.45, 7) is 3.10. The molecule has 4 heteroatoms. The van der Waals surface area contributed by atoms with Crippen molar-refractivity contribution in [3.8, 4) is 0 Å². The Morgan fingerprint density at radius 3 is 2.84 bits per heavy atom. The van der Waals surface area contributed by atoms with Crippen LogP contribution in [0.25, 0.3) is 0 Å². The van der Waals surface area contributed by atoms with Gasteiger partial charge in [-0.2, -0.15) is 0 Å². The van der Waals surface area contributed by atoms with Gasteiger partial charge in [-0.15, -0.1) is 0 Å². The van der Waals surface area contributed by atoms with Gasteiger partial charge in [-0.25, -0.2) is 0 Å². The zero-order valence-electron chi connectivity index (χ0n) is 11.2. The Morgan fingerprint density at radius 1 is 1.26 bits per heavy atom. The maximum absolute atomic E-state index is 11.4. The van der Waals surface area contributed by atoms with E-state index in [0.717, 1.165) is 44.6 Å². The van der Waals surface area contributed by atoms with Crippen molar-refractivity contribution in [3.63, 3.8) is 0 Å². The summed E-state index contributed by atoms with van der Waals surface area (Å²) in [5.74, 6) is 0.133. The van der Waals surface area contributed by atoms with Crippen molar-refractivity contribution in [1.82, 2.24) is 4.90 Å². The molecule has 1 amide bonds. The van der Waals surface area contributed by atoms with E-state index in [1.165, 1.54) is 11.1 Å². The lowest BCUT2D eigenvalue weighted by molar-refractivity contribution is -0.116. The van der Waals surface area contributed by atoms with Gasteiger partial charge in [-0.3, -0.25) is 9.69 Å². The molecule has 3 rings (SSSR count). The summed E-state index contributed by atoms with van der Waals surface area (Å²) in [5.41, 5.74) is 9.45. The number of piperidine rings is 1. The van der Waals surface area contributed by atoms with Crippen molar-refractivity contribution in [1.29, 1.82) is 0 Å². The Balaban J connectivity index is 1.68. The maximum atomic E-state index is 11.4. The van der Waals surface area contributed by atoms with Crippen molar-refractivity contribution in [2.24, 2.45) is 5.73 Å². The first-order chi connectivity index (χ1) is 9.20. The Labute approximate surface area is 114 Å². The molecule has 2 aliphatic rings. The molecule has 1 aromatic rings. The van der Waals surface area contributed by atoms with Crippen molar-refractivity contribution >= 4 is 11.6 Å². The predicted molar refractivity (Wildman–Crippen MR) is 75.9 cm³/mol. The molecule has 0 aromatic heterocycles. The van der Waals surface area contributed by atoms with E-state index >= 15 is 0 Å². The van der Waals surface area contributed by atoms with Crippen LogP contribution in [-0.2, 0) is 17.8 Å². The number of amides is 1. The molecule has 2 aliphatic heterocycles. The summed E-state index contributed by atoms with van der Waals surface area (Å²) in [6, 6.07) is 6.84. The fourth-order valence-corrected chi connectivity index (χ4v) is 2.89. The van der Waals surface area contributed by atoms with E-state index in [4.69, 9.17) is 5.73 Å². The molecule has 1 saturated heterocycles. The summed E-state index contributed by atoms with van der Waals surface area (Å²) >= 11 is 0. The van der Waals surface area contributed by atoms with E-state index in [0.29, 0.717) is 12.5 Å². The molecule has 1 fully saturated rings. The first-order valence-electron chi connectivity index (χ1n) is 7.10. The standard InChI is InChI=1S/C15H21N3O/c16-13-5-7-18(8-6-13)10-11-1-2-12-3-4-15(19)17-14(12)9-11/h1-2,9,13H,3-8,10,16H2,(H,17,19). The average molecular weight is 259 g/mol. The number of nitrogens with one attached hydrogen (secondary N) is 1. The molecule has 0 radical (unpaired) electrons. The highest BCUT2D eigenvalue weighted by molar-refractivity contribution is 5.93. The fraction of sp³-hybridized carbons (Fsp3) is 0.533. The number of benzene rings is 1. The maximum Gasteiger partial charge on any atom is 0.224 e. The molecule has 1 aromatic carbocycles. The first-order valence-corrected chi connectivity index (χ1v) is 7.10. The van der Waals surface area contributed by atoms with Crippen LogP contribution >= 0.6 is 0 Å². The number of nitrogens with zero attached hydrogens (tertiary/aromatic N) is 1. The molecule has 0 atom stereocenters. The summed E-state index contributed by atoms with van der Waals surface area (Å²) in [4.78, 5) is 13.9. The summed E-state index contributed by atoms with van der Waals surface area (Å²) in [5, 5.41) is 2.97. The lowest BCUT2D eigenvalue weighted by atomic mass is 10.00. The van der Waals surface area contributed by atoms with Crippen LogP contribution < -0.4 is 11.1 Å². The van der Waals surface area contributed by atoms with Gasteiger partial charge in [0.2, 0.25) is 5.91 Å². The second-order valence-electron chi connectivity index (χ2n) is 5.65. The minimum atomic E-state index is 0.133. The number of likely N-dealkylation sites (tertiary alicyclic amines) is 1.